The van der Waals surface area contributed by atoms with E-state index in [1.165, 1.54) is 0 Å². The number of ether oxygens (including phenoxy) is 2. The zero-order valence-corrected chi connectivity index (χ0v) is 18.8. The maximum atomic E-state index is 12.3. The number of nitrogens with zero attached hydrogens (tertiary/aromatic N) is 2. The molecule has 0 spiro atoms. The molecule has 0 saturated carbocycles. The molecule has 0 unspecified atom stereocenters. The van der Waals surface area contributed by atoms with Gasteiger partial charge in [-0.25, -0.2) is 4.68 Å². The van der Waals surface area contributed by atoms with E-state index in [0.29, 0.717) is 10.9 Å². The first-order valence-corrected chi connectivity index (χ1v) is 10.9. The molecule has 0 radical (unpaired) electrons. The molecule has 0 N–H and O–H groups in total. The summed E-state index contributed by atoms with van der Waals surface area (Å²) >= 11 is 6.78. The zero-order valence-electron chi connectivity index (χ0n) is 18.0. The highest BCUT2D eigenvalue weighted by atomic mass is 35.5. The fourth-order valence-corrected chi connectivity index (χ4v) is 4.29. The summed E-state index contributed by atoms with van der Waals surface area (Å²) in [6.45, 7) is -1.26. The van der Waals surface area contributed by atoms with Gasteiger partial charge in [0.2, 0.25) is 5.88 Å². The molecule has 33 heavy (non-hydrogen) atoms. The topological polar surface area (TPSA) is 36.3 Å². The standard InChI is InChI=1S/C26H23ClF2N2O2/c1-19-18-31(30-24(19)32-16-17-33-25(28)29)26(20-10-4-2-5-11-20,21-12-6-3-7-13-21)22-14-8-9-15-23(22)27/h2-15,18,25H,16-17H2,1H3. The number of hydrogen-bond donors (Lipinski definition) is 0. The second-order valence-electron chi connectivity index (χ2n) is 7.46. The highest BCUT2D eigenvalue weighted by Gasteiger charge is 2.41. The van der Waals surface area contributed by atoms with Gasteiger partial charge in [-0.3, -0.25) is 0 Å². The Morgan fingerprint density at radius 3 is 2.03 bits per heavy atom. The zero-order chi connectivity index (χ0) is 23.3. The molecule has 0 aliphatic carbocycles. The number of aromatic nitrogens is 2. The second-order valence-corrected chi connectivity index (χ2v) is 7.87. The normalized spacial score (nSPS) is 11.7. The van der Waals surface area contributed by atoms with Crippen LogP contribution in [0.4, 0.5) is 8.78 Å². The molecule has 7 heteroatoms. The van der Waals surface area contributed by atoms with Crippen molar-refractivity contribution in [3.8, 4) is 5.88 Å². The highest BCUT2D eigenvalue weighted by Crippen LogP contribution is 2.43. The summed E-state index contributed by atoms with van der Waals surface area (Å²) < 4.78 is 36.4. The Balaban J connectivity index is 1.91. The first-order chi connectivity index (χ1) is 16.0. The minimum absolute atomic E-state index is 0.0437. The number of rotatable bonds is 9. The van der Waals surface area contributed by atoms with Crippen LogP contribution in [0.3, 0.4) is 0 Å². The van der Waals surface area contributed by atoms with Gasteiger partial charge in [-0.2, -0.15) is 8.78 Å². The van der Waals surface area contributed by atoms with E-state index in [9.17, 15) is 8.78 Å². The fourth-order valence-electron chi connectivity index (χ4n) is 4.01. The first kappa shape index (κ1) is 23.0. The van der Waals surface area contributed by atoms with E-state index in [-0.39, 0.29) is 13.2 Å². The molecule has 1 heterocycles. The minimum atomic E-state index is -2.84. The molecular formula is C26H23ClF2N2O2. The maximum Gasteiger partial charge on any atom is 0.345 e. The van der Waals surface area contributed by atoms with Crippen molar-refractivity contribution < 1.29 is 18.3 Å². The first-order valence-electron chi connectivity index (χ1n) is 10.5. The molecule has 0 bridgehead atoms. The largest absolute Gasteiger partial charge is 0.474 e. The third-order valence-electron chi connectivity index (χ3n) is 5.41. The lowest BCUT2D eigenvalue weighted by atomic mass is 9.77. The van der Waals surface area contributed by atoms with Crippen LogP contribution in [-0.2, 0) is 10.3 Å². The summed E-state index contributed by atoms with van der Waals surface area (Å²) in [6, 6.07) is 27.6. The Kier molecular flexibility index (Phi) is 7.06. The van der Waals surface area contributed by atoms with E-state index in [1.807, 2.05) is 103 Å². The van der Waals surface area contributed by atoms with Gasteiger partial charge < -0.3 is 9.47 Å². The summed E-state index contributed by atoms with van der Waals surface area (Å²) in [7, 11) is 0. The van der Waals surface area contributed by atoms with Gasteiger partial charge in [-0.15, -0.1) is 5.10 Å². The van der Waals surface area contributed by atoms with Crippen LogP contribution in [-0.4, -0.2) is 29.6 Å². The van der Waals surface area contributed by atoms with Crippen LogP contribution in [0.5, 0.6) is 5.88 Å². The van der Waals surface area contributed by atoms with Gasteiger partial charge >= 0.3 is 6.61 Å². The Labute approximate surface area is 196 Å². The minimum Gasteiger partial charge on any atom is -0.474 e. The van der Waals surface area contributed by atoms with Crippen LogP contribution in [0.1, 0.15) is 22.3 Å². The summed E-state index contributed by atoms with van der Waals surface area (Å²) in [5, 5.41) is 5.35. The molecule has 3 aromatic carbocycles. The van der Waals surface area contributed by atoms with E-state index in [2.05, 4.69) is 4.74 Å². The summed E-state index contributed by atoms with van der Waals surface area (Å²) in [4.78, 5) is 0. The lowest BCUT2D eigenvalue weighted by Crippen LogP contribution is -2.38. The van der Waals surface area contributed by atoms with E-state index in [4.69, 9.17) is 21.4 Å². The second kappa shape index (κ2) is 10.1. The molecule has 0 amide bonds. The lowest BCUT2D eigenvalue weighted by Gasteiger charge is -2.36. The third-order valence-corrected chi connectivity index (χ3v) is 5.74. The molecular weight excluding hydrogens is 446 g/mol. The van der Waals surface area contributed by atoms with Gasteiger partial charge in [0, 0.05) is 22.3 Å². The number of benzene rings is 3. The predicted octanol–water partition coefficient (Wildman–Crippen LogP) is 6.30. The molecule has 4 aromatic rings. The van der Waals surface area contributed by atoms with Crippen LogP contribution >= 0.6 is 11.6 Å². The molecule has 0 saturated heterocycles. The Hall–Kier alpha value is -3.22. The Morgan fingerprint density at radius 1 is 0.879 bits per heavy atom. The van der Waals surface area contributed by atoms with Gasteiger partial charge in [-0.1, -0.05) is 90.5 Å². The molecule has 0 fully saturated rings. The average molecular weight is 469 g/mol. The SMILES string of the molecule is Cc1cn(C(c2ccccc2)(c2ccccc2)c2ccccc2Cl)nc1OCCOC(F)F. The van der Waals surface area contributed by atoms with E-state index < -0.39 is 12.2 Å². The van der Waals surface area contributed by atoms with Crippen molar-refractivity contribution >= 4 is 11.6 Å². The van der Waals surface area contributed by atoms with Crippen molar-refractivity contribution in [3.05, 3.63) is 118 Å². The molecule has 170 valence electrons. The number of alkyl halides is 2. The Morgan fingerprint density at radius 2 is 1.45 bits per heavy atom. The van der Waals surface area contributed by atoms with Crippen molar-refractivity contribution in [1.82, 2.24) is 9.78 Å². The van der Waals surface area contributed by atoms with Crippen LogP contribution in [0.15, 0.2) is 91.1 Å². The maximum absolute atomic E-state index is 12.3. The van der Waals surface area contributed by atoms with Gasteiger partial charge in [0.1, 0.15) is 12.1 Å². The predicted molar refractivity (Wildman–Crippen MR) is 124 cm³/mol. The van der Waals surface area contributed by atoms with Crippen LogP contribution in [0, 0.1) is 6.92 Å². The van der Waals surface area contributed by atoms with E-state index in [1.54, 1.807) is 0 Å². The molecule has 0 atom stereocenters. The molecule has 1 aromatic heterocycles. The summed E-state index contributed by atoms with van der Waals surface area (Å²) in [5.74, 6) is 0.344. The molecule has 4 nitrogen and oxygen atoms in total. The van der Waals surface area contributed by atoms with Gasteiger partial charge in [-0.05, 0) is 24.1 Å². The van der Waals surface area contributed by atoms with Crippen molar-refractivity contribution in [2.45, 2.75) is 19.1 Å². The molecule has 4 rings (SSSR count). The fraction of sp³-hybridized carbons (Fsp3) is 0.192. The van der Waals surface area contributed by atoms with Crippen LogP contribution in [0.2, 0.25) is 5.02 Å². The Bertz CT molecular complexity index is 1140. The van der Waals surface area contributed by atoms with Gasteiger partial charge in [0.25, 0.3) is 0 Å². The molecule has 0 aliphatic heterocycles. The number of hydrogen-bond acceptors (Lipinski definition) is 3. The smallest absolute Gasteiger partial charge is 0.345 e. The third kappa shape index (κ3) is 4.63. The van der Waals surface area contributed by atoms with E-state index >= 15 is 0 Å². The van der Waals surface area contributed by atoms with Crippen LogP contribution < -0.4 is 4.74 Å². The monoisotopic (exact) mass is 468 g/mol. The van der Waals surface area contributed by atoms with Gasteiger partial charge in [0.15, 0.2) is 0 Å². The lowest BCUT2D eigenvalue weighted by molar-refractivity contribution is -0.133. The average Bonchev–Trinajstić information content (AvgIpc) is 3.20. The van der Waals surface area contributed by atoms with Crippen LogP contribution in [0.25, 0.3) is 0 Å². The summed E-state index contributed by atoms with van der Waals surface area (Å²) in [5.41, 5.74) is 2.63. The van der Waals surface area contributed by atoms with Crippen molar-refractivity contribution in [3.63, 3.8) is 0 Å². The van der Waals surface area contributed by atoms with Gasteiger partial charge in [0.05, 0.1) is 6.61 Å². The van der Waals surface area contributed by atoms with Crippen molar-refractivity contribution in [1.29, 1.82) is 0 Å². The molecule has 0 aliphatic rings. The number of halogens is 3. The number of aryl methyl sites for hydroxylation is 1. The van der Waals surface area contributed by atoms with E-state index in [0.717, 1.165) is 22.3 Å². The summed E-state index contributed by atoms with van der Waals surface area (Å²) in [6.07, 6.45) is 1.88. The quantitative estimate of drug-likeness (QED) is 0.213. The van der Waals surface area contributed by atoms with Crippen molar-refractivity contribution in [2.75, 3.05) is 13.2 Å². The highest BCUT2D eigenvalue weighted by molar-refractivity contribution is 6.31. The van der Waals surface area contributed by atoms with Crippen molar-refractivity contribution in [2.24, 2.45) is 0 Å².